The highest BCUT2D eigenvalue weighted by Gasteiger charge is 2.39. The van der Waals surface area contributed by atoms with Crippen LogP contribution in [-0.4, -0.2) is 15.7 Å². The van der Waals surface area contributed by atoms with Crippen molar-refractivity contribution in [1.29, 1.82) is 0 Å². The topological polar surface area (TPSA) is 46.9 Å². The monoisotopic (exact) mass is 331 g/mol. The summed E-state index contributed by atoms with van der Waals surface area (Å²) in [5, 5.41) is 6.24. The summed E-state index contributed by atoms with van der Waals surface area (Å²) in [6.45, 7) is 1.64. The minimum Gasteiger partial charge on any atom is -0.345 e. The van der Waals surface area contributed by atoms with Crippen molar-refractivity contribution in [3.8, 4) is 0 Å². The first-order chi connectivity index (χ1) is 10.2. The van der Waals surface area contributed by atoms with E-state index >= 15 is 0 Å². The van der Waals surface area contributed by atoms with Gasteiger partial charge in [-0.1, -0.05) is 29.8 Å². The first-order valence-electron chi connectivity index (χ1n) is 6.36. The van der Waals surface area contributed by atoms with Crippen molar-refractivity contribution >= 4 is 17.5 Å². The SMILES string of the molecule is CC(NC(=O)c1cn(C)nc1C(F)(F)F)c1ccccc1Cl. The number of hydrogen-bond donors (Lipinski definition) is 1. The van der Waals surface area contributed by atoms with Crippen LogP contribution in [0.25, 0.3) is 0 Å². The van der Waals surface area contributed by atoms with Crippen LogP contribution < -0.4 is 5.32 Å². The van der Waals surface area contributed by atoms with Crippen LogP contribution in [-0.2, 0) is 13.2 Å². The normalized spacial score (nSPS) is 13.0. The van der Waals surface area contributed by atoms with E-state index < -0.39 is 29.4 Å². The fourth-order valence-corrected chi connectivity index (χ4v) is 2.34. The molecule has 0 fully saturated rings. The van der Waals surface area contributed by atoms with Gasteiger partial charge in [0.2, 0.25) is 0 Å². The molecule has 1 aromatic carbocycles. The number of benzene rings is 1. The highest BCUT2D eigenvalue weighted by molar-refractivity contribution is 6.31. The third-order valence-corrected chi connectivity index (χ3v) is 3.41. The minimum absolute atomic E-state index is 0.428. The molecule has 0 spiro atoms. The van der Waals surface area contributed by atoms with Gasteiger partial charge in [0.25, 0.3) is 5.91 Å². The zero-order valence-electron chi connectivity index (χ0n) is 11.8. The van der Waals surface area contributed by atoms with Gasteiger partial charge in [-0.15, -0.1) is 0 Å². The Morgan fingerprint density at radius 2 is 2.00 bits per heavy atom. The lowest BCUT2D eigenvalue weighted by Gasteiger charge is -2.16. The Morgan fingerprint density at radius 3 is 2.59 bits per heavy atom. The van der Waals surface area contributed by atoms with Crippen molar-refractivity contribution in [2.45, 2.75) is 19.1 Å². The molecule has 0 bridgehead atoms. The fraction of sp³-hybridized carbons (Fsp3) is 0.286. The Kier molecular flexibility index (Phi) is 4.46. The first kappa shape index (κ1) is 16.4. The smallest absolute Gasteiger partial charge is 0.345 e. The molecule has 1 heterocycles. The highest BCUT2D eigenvalue weighted by atomic mass is 35.5. The number of nitrogens with one attached hydrogen (secondary N) is 1. The molecule has 118 valence electrons. The van der Waals surface area contributed by atoms with Crippen LogP contribution in [0.3, 0.4) is 0 Å². The molecule has 8 heteroatoms. The van der Waals surface area contributed by atoms with Gasteiger partial charge in [-0.25, -0.2) is 0 Å². The van der Waals surface area contributed by atoms with E-state index in [1.807, 2.05) is 0 Å². The maximum Gasteiger partial charge on any atom is 0.435 e. The van der Waals surface area contributed by atoms with Gasteiger partial charge in [-0.05, 0) is 18.6 Å². The number of carbonyl (C=O) groups excluding carboxylic acids is 1. The zero-order chi connectivity index (χ0) is 16.5. The van der Waals surface area contributed by atoms with E-state index in [1.54, 1.807) is 31.2 Å². The summed E-state index contributed by atoms with van der Waals surface area (Å²) in [5.41, 5.74) is -1.11. The van der Waals surface area contributed by atoms with E-state index in [-0.39, 0.29) is 0 Å². The van der Waals surface area contributed by atoms with Gasteiger partial charge in [0, 0.05) is 18.3 Å². The standard InChI is InChI=1S/C14H13ClF3N3O/c1-8(9-5-3-4-6-11(9)15)19-13(22)10-7-21(2)20-12(10)14(16,17)18/h3-8H,1-2H3,(H,19,22). The summed E-state index contributed by atoms with van der Waals surface area (Å²) in [6.07, 6.45) is -3.65. The lowest BCUT2D eigenvalue weighted by molar-refractivity contribution is -0.141. The second-order valence-electron chi connectivity index (χ2n) is 4.78. The van der Waals surface area contributed by atoms with Crippen LogP contribution in [0.4, 0.5) is 13.2 Å². The van der Waals surface area contributed by atoms with Crippen molar-refractivity contribution in [2.24, 2.45) is 7.05 Å². The zero-order valence-corrected chi connectivity index (χ0v) is 12.5. The van der Waals surface area contributed by atoms with Gasteiger partial charge in [-0.3, -0.25) is 9.48 Å². The van der Waals surface area contributed by atoms with Crippen LogP contribution >= 0.6 is 11.6 Å². The fourth-order valence-electron chi connectivity index (χ4n) is 2.04. The van der Waals surface area contributed by atoms with Gasteiger partial charge in [0.1, 0.15) is 0 Å². The van der Waals surface area contributed by atoms with Crippen molar-refractivity contribution < 1.29 is 18.0 Å². The van der Waals surface area contributed by atoms with Crippen LogP contribution in [0.2, 0.25) is 5.02 Å². The second kappa shape index (κ2) is 6.00. The van der Waals surface area contributed by atoms with Crippen LogP contribution in [0.15, 0.2) is 30.5 Å². The summed E-state index contributed by atoms with van der Waals surface area (Å²) >= 11 is 6.01. The van der Waals surface area contributed by atoms with Crippen molar-refractivity contribution in [1.82, 2.24) is 15.1 Å². The molecule has 22 heavy (non-hydrogen) atoms. The quantitative estimate of drug-likeness (QED) is 0.934. The molecule has 1 amide bonds. The Hall–Kier alpha value is -2.02. The molecule has 0 aliphatic rings. The molecule has 4 nitrogen and oxygen atoms in total. The average Bonchev–Trinajstić information content (AvgIpc) is 2.81. The van der Waals surface area contributed by atoms with E-state index in [1.165, 1.54) is 7.05 Å². The maximum absolute atomic E-state index is 12.9. The van der Waals surface area contributed by atoms with Gasteiger partial charge in [0.15, 0.2) is 5.69 Å². The summed E-state index contributed by atoms with van der Waals surface area (Å²) in [4.78, 5) is 12.1. The van der Waals surface area contributed by atoms with E-state index in [0.717, 1.165) is 10.9 Å². The largest absolute Gasteiger partial charge is 0.435 e. The number of rotatable bonds is 3. The van der Waals surface area contributed by atoms with Crippen molar-refractivity contribution in [3.63, 3.8) is 0 Å². The minimum atomic E-state index is -4.69. The van der Waals surface area contributed by atoms with Crippen LogP contribution in [0.5, 0.6) is 0 Å². The number of amides is 1. The maximum atomic E-state index is 12.9. The summed E-state index contributed by atoms with van der Waals surface area (Å²) in [7, 11) is 1.32. The lowest BCUT2D eigenvalue weighted by Crippen LogP contribution is -2.28. The molecule has 1 aromatic heterocycles. The summed E-state index contributed by atoms with van der Waals surface area (Å²) in [5.74, 6) is -0.854. The molecule has 0 saturated heterocycles. The van der Waals surface area contributed by atoms with Gasteiger partial charge >= 0.3 is 6.18 Å². The highest BCUT2D eigenvalue weighted by Crippen LogP contribution is 2.31. The molecule has 0 radical (unpaired) electrons. The molecule has 0 aliphatic heterocycles. The summed E-state index contributed by atoms with van der Waals surface area (Å²) < 4.78 is 39.6. The predicted octanol–water partition coefficient (Wildman–Crippen LogP) is 3.58. The number of alkyl halides is 3. The van der Waals surface area contributed by atoms with E-state index in [0.29, 0.717) is 10.6 Å². The number of aromatic nitrogens is 2. The number of carbonyl (C=O) groups is 1. The number of nitrogens with zero attached hydrogens (tertiary/aromatic N) is 2. The average molecular weight is 332 g/mol. The Balaban J connectivity index is 2.25. The lowest BCUT2D eigenvalue weighted by atomic mass is 10.1. The molecular weight excluding hydrogens is 319 g/mol. The third kappa shape index (κ3) is 3.41. The van der Waals surface area contributed by atoms with Crippen LogP contribution in [0, 0.1) is 0 Å². The van der Waals surface area contributed by atoms with Crippen LogP contribution in [0.1, 0.15) is 34.6 Å². The van der Waals surface area contributed by atoms with E-state index in [4.69, 9.17) is 11.6 Å². The van der Waals surface area contributed by atoms with Gasteiger partial charge < -0.3 is 5.32 Å². The number of aryl methyl sites for hydroxylation is 1. The van der Waals surface area contributed by atoms with E-state index in [9.17, 15) is 18.0 Å². The van der Waals surface area contributed by atoms with E-state index in [2.05, 4.69) is 10.4 Å². The number of halogens is 4. The summed E-state index contributed by atoms with van der Waals surface area (Å²) in [6, 6.07) is 6.26. The Morgan fingerprint density at radius 1 is 1.36 bits per heavy atom. The van der Waals surface area contributed by atoms with Crippen molar-refractivity contribution in [2.75, 3.05) is 0 Å². The third-order valence-electron chi connectivity index (χ3n) is 3.06. The first-order valence-corrected chi connectivity index (χ1v) is 6.74. The molecular formula is C14H13ClF3N3O. The molecule has 1 atom stereocenters. The molecule has 2 aromatic rings. The van der Waals surface area contributed by atoms with Gasteiger partial charge in [-0.2, -0.15) is 18.3 Å². The molecule has 1 unspecified atom stereocenters. The Labute approximate surface area is 129 Å². The molecule has 0 saturated carbocycles. The van der Waals surface area contributed by atoms with Gasteiger partial charge in [0.05, 0.1) is 11.6 Å². The molecule has 2 rings (SSSR count). The van der Waals surface area contributed by atoms with Crippen molar-refractivity contribution in [3.05, 3.63) is 52.3 Å². The molecule has 0 aliphatic carbocycles. The molecule has 1 N–H and O–H groups in total. The Bertz CT molecular complexity index is 697. The second-order valence-corrected chi connectivity index (χ2v) is 5.19. The number of hydrogen-bond acceptors (Lipinski definition) is 2. The predicted molar refractivity (Wildman–Crippen MR) is 75.5 cm³/mol.